The number of hydrogen-bond donors (Lipinski definition) is 1. The molecule has 1 atom stereocenters. The number of carbonyl (C=O) groups is 1. The fourth-order valence-corrected chi connectivity index (χ4v) is 4.46. The van der Waals surface area contributed by atoms with Crippen LogP contribution in [0.5, 0.6) is 0 Å². The van der Waals surface area contributed by atoms with Crippen LogP contribution in [0.1, 0.15) is 45.7 Å². The molecule has 5 heteroatoms. The van der Waals surface area contributed by atoms with Gasteiger partial charge in [-0.25, -0.2) is 0 Å². The minimum atomic E-state index is -0.237. The third-order valence-corrected chi connectivity index (χ3v) is 6.28. The van der Waals surface area contributed by atoms with Crippen molar-refractivity contribution in [3.63, 3.8) is 0 Å². The van der Waals surface area contributed by atoms with Crippen LogP contribution in [-0.4, -0.2) is 21.0 Å². The van der Waals surface area contributed by atoms with E-state index in [4.69, 9.17) is 11.6 Å². The smallest absolute Gasteiger partial charge is 0.273 e. The Labute approximate surface area is 186 Å². The predicted molar refractivity (Wildman–Crippen MR) is 123 cm³/mol. The third-order valence-electron chi connectivity index (χ3n) is 5.91. The minimum Gasteiger partial charge on any atom is -0.322 e. The number of rotatable bonds is 5. The van der Waals surface area contributed by atoms with E-state index in [1.54, 1.807) is 0 Å². The molecule has 0 saturated heterocycles. The molecule has 0 fully saturated rings. The van der Waals surface area contributed by atoms with E-state index >= 15 is 0 Å². The molecule has 0 bridgehead atoms. The zero-order chi connectivity index (χ0) is 21.4. The van der Waals surface area contributed by atoms with Gasteiger partial charge in [0.15, 0.2) is 0 Å². The quantitative estimate of drug-likeness (QED) is 0.422. The summed E-state index contributed by atoms with van der Waals surface area (Å²) in [4.78, 5) is 15.4. The number of H-pyrrole nitrogens is 1. The number of amides is 1. The Hall–Kier alpha value is -3.37. The van der Waals surface area contributed by atoms with Crippen LogP contribution in [0, 0.1) is 0 Å². The van der Waals surface area contributed by atoms with E-state index in [-0.39, 0.29) is 11.9 Å². The van der Waals surface area contributed by atoms with E-state index in [2.05, 4.69) is 41.4 Å². The van der Waals surface area contributed by atoms with Crippen LogP contribution in [0.2, 0.25) is 5.02 Å². The second-order valence-electron chi connectivity index (χ2n) is 7.75. The lowest BCUT2D eigenvalue weighted by Gasteiger charge is -2.27. The summed E-state index contributed by atoms with van der Waals surface area (Å²) in [5.41, 5.74) is 6.53. The Kier molecular flexibility index (Phi) is 5.08. The second kappa shape index (κ2) is 8.05. The summed E-state index contributed by atoms with van der Waals surface area (Å²) in [7, 11) is 0. The molecule has 1 unspecified atom stereocenters. The molecule has 1 amide bonds. The molecule has 3 aromatic carbocycles. The minimum absolute atomic E-state index is 0.0610. The molecule has 5 rings (SSSR count). The molecule has 0 aliphatic carbocycles. The monoisotopic (exact) mass is 427 g/mol. The summed E-state index contributed by atoms with van der Waals surface area (Å²) >= 11 is 6.44. The Morgan fingerprint density at radius 2 is 1.68 bits per heavy atom. The number of halogens is 1. The van der Waals surface area contributed by atoms with Crippen LogP contribution in [-0.2, 0) is 13.0 Å². The maximum Gasteiger partial charge on any atom is 0.273 e. The molecule has 4 nitrogen and oxygen atoms in total. The van der Waals surface area contributed by atoms with E-state index < -0.39 is 0 Å². The van der Waals surface area contributed by atoms with Crippen molar-refractivity contribution in [2.75, 3.05) is 0 Å². The Morgan fingerprint density at radius 3 is 2.39 bits per heavy atom. The number of hydrogen-bond acceptors (Lipinski definition) is 2. The fraction of sp³-hybridized carbons (Fsp3) is 0.154. The number of fused-ring (bicyclic) bond motifs is 1. The van der Waals surface area contributed by atoms with E-state index in [1.165, 1.54) is 5.56 Å². The highest BCUT2D eigenvalue weighted by Crippen LogP contribution is 2.43. The first kappa shape index (κ1) is 19.6. The van der Waals surface area contributed by atoms with Crippen molar-refractivity contribution < 1.29 is 4.79 Å². The van der Waals surface area contributed by atoms with Gasteiger partial charge in [0.2, 0.25) is 0 Å². The SMILES string of the molecule is CCc1ccc(C2c3c(-c4ccccc4)n[nH]c3C(=O)N2Cc2ccccc2Cl)cc1. The summed E-state index contributed by atoms with van der Waals surface area (Å²) in [5.74, 6) is -0.0610. The van der Waals surface area contributed by atoms with Crippen molar-refractivity contribution in [1.29, 1.82) is 0 Å². The summed E-state index contributed by atoms with van der Waals surface area (Å²) in [6.07, 6.45) is 0.972. The predicted octanol–water partition coefficient (Wildman–Crippen LogP) is 6.04. The van der Waals surface area contributed by atoms with Crippen molar-refractivity contribution in [3.05, 3.63) is 112 Å². The lowest BCUT2D eigenvalue weighted by Crippen LogP contribution is -2.29. The first-order valence-electron chi connectivity index (χ1n) is 10.4. The lowest BCUT2D eigenvalue weighted by atomic mass is 9.95. The van der Waals surface area contributed by atoms with Gasteiger partial charge in [-0.2, -0.15) is 5.10 Å². The normalized spacial score (nSPS) is 15.4. The van der Waals surface area contributed by atoms with Gasteiger partial charge in [0.1, 0.15) is 5.69 Å². The van der Waals surface area contributed by atoms with Crippen LogP contribution in [0.15, 0.2) is 78.9 Å². The molecular weight excluding hydrogens is 406 g/mol. The first-order chi connectivity index (χ1) is 15.2. The van der Waals surface area contributed by atoms with E-state index in [0.717, 1.165) is 34.4 Å². The summed E-state index contributed by atoms with van der Waals surface area (Å²) in [6.45, 7) is 2.56. The number of aryl methyl sites for hydroxylation is 1. The standard InChI is InChI=1S/C26H22ClN3O/c1-2-17-12-14-19(15-13-17)25-22-23(18-8-4-3-5-9-18)28-29-24(22)26(31)30(25)16-20-10-6-7-11-21(20)27/h3-15,25H,2,16H2,1H3,(H,28,29). The van der Waals surface area contributed by atoms with Crippen LogP contribution in [0.3, 0.4) is 0 Å². The summed E-state index contributed by atoms with van der Waals surface area (Å²) in [5, 5.41) is 8.20. The summed E-state index contributed by atoms with van der Waals surface area (Å²) in [6, 6.07) is 25.9. The maximum atomic E-state index is 13.5. The van der Waals surface area contributed by atoms with Gasteiger partial charge in [0.25, 0.3) is 5.91 Å². The van der Waals surface area contributed by atoms with Crippen molar-refractivity contribution in [3.8, 4) is 11.3 Å². The van der Waals surface area contributed by atoms with Gasteiger partial charge in [-0.3, -0.25) is 9.89 Å². The van der Waals surface area contributed by atoms with Crippen molar-refractivity contribution in [1.82, 2.24) is 15.1 Å². The van der Waals surface area contributed by atoms with E-state index in [0.29, 0.717) is 17.3 Å². The average Bonchev–Trinajstić information content (AvgIpc) is 3.35. The number of benzene rings is 3. The van der Waals surface area contributed by atoms with Gasteiger partial charge >= 0.3 is 0 Å². The largest absolute Gasteiger partial charge is 0.322 e. The first-order valence-corrected chi connectivity index (χ1v) is 10.8. The highest BCUT2D eigenvalue weighted by molar-refractivity contribution is 6.31. The molecule has 0 spiro atoms. The number of aromatic nitrogens is 2. The molecule has 0 saturated carbocycles. The molecule has 1 aromatic heterocycles. The fourth-order valence-electron chi connectivity index (χ4n) is 4.27. The molecule has 1 aliphatic heterocycles. The van der Waals surface area contributed by atoms with Crippen LogP contribution in [0.25, 0.3) is 11.3 Å². The molecular formula is C26H22ClN3O. The van der Waals surface area contributed by atoms with Crippen molar-refractivity contribution >= 4 is 17.5 Å². The average molecular weight is 428 g/mol. The van der Waals surface area contributed by atoms with Crippen molar-refractivity contribution in [2.24, 2.45) is 0 Å². The molecule has 2 heterocycles. The highest BCUT2D eigenvalue weighted by atomic mass is 35.5. The van der Waals surface area contributed by atoms with Gasteiger partial charge in [-0.1, -0.05) is 91.3 Å². The molecule has 0 radical (unpaired) electrons. The van der Waals surface area contributed by atoms with Gasteiger partial charge in [-0.15, -0.1) is 0 Å². The van der Waals surface area contributed by atoms with Crippen LogP contribution >= 0.6 is 11.6 Å². The topological polar surface area (TPSA) is 49.0 Å². The second-order valence-corrected chi connectivity index (χ2v) is 8.16. The van der Waals surface area contributed by atoms with Crippen LogP contribution < -0.4 is 0 Å². The number of nitrogens with zero attached hydrogens (tertiary/aromatic N) is 2. The number of carbonyl (C=O) groups excluding carboxylic acids is 1. The molecule has 154 valence electrons. The summed E-state index contributed by atoms with van der Waals surface area (Å²) < 4.78 is 0. The molecule has 31 heavy (non-hydrogen) atoms. The van der Waals surface area contributed by atoms with Crippen molar-refractivity contribution in [2.45, 2.75) is 25.9 Å². The molecule has 1 aliphatic rings. The Balaban J connectivity index is 1.65. The Bertz CT molecular complexity index is 1230. The van der Waals surface area contributed by atoms with Gasteiger partial charge in [0, 0.05) is 22.7 Å². The Morgan fingerprint density at radius 1 is 0.968 bits per heavy atom. The zero-order valence-electron chi connectivity index (χ0n) is 17.2. The molecule has 4 aromatic rings. The number of aromatic amines is 1. The zero-order valence-corrected chi connectivity index (χ0v) is 17.9. The van der Waals surface area contributed by atoms with Gasteiger partial charge in [-0.05, 0) is 29.2 Å². The molecule has 1 N–H and O–H groups in total. The maximum absolute atomic E-state index is 13.5. The van der Waals surface area contributed by atoms with E-state index in [9.17, 15) is 4.79 Å². The third kappa shape index (κ3) is 3.43. The van der Waals surface area contributed by atoms with E-state index in [1.807, 2.05) is 59.5 Å². The highest BCUT2D eigenvalue weighted by Gasteiger charge is 2.42. The van der Waals surface area contributed by atoms with Crippen LogP contribution in [0.4, 0.5) is 0 Å². The van der Waals surface area contributed by atoms with Gasteiger partial charge in [0.05, 0.1) is 11.7 Å². The van der Waals surface area contributed by atoms with Gasteiger partial charge < -0.3 is 4.90 Å². The lowest BCUT2D eigenvalue weighted by molar-refractivity contribution is 0.0730. The number of nitrogens with one attached hydrogen (secondary N) is 1.